The van der Waals surface area contributed by atoms with Crippen molar-refractivity contribution in [3.63, 3.8) is 0 Å². The van der Waals surface area contributed by atoms with Crippen LogP contribution in [0.5, 0.6) is 0 Å². The largest absolute Gasteiger partial charge is 0.379 e. The van der Waals surface area contributed by atoms with Crippen molar-refractivity contribution in [2.75, 3.05) is 19.8 Å². The van der Waals surface area contributed by atoms with Gasteiger partial charge in [-0.15, -0.1) is 0 Å². The summed E-state index contributed by atoms with van der Waals surface area (Å²) in [6.07, 6.45) is 2.79. The van der Waals surface area contributed by atoms with Gasteiger partial charge in [-0.05, 0) is 26.2 Å². The zero-order chi connectivity index (χ0) is 11.3. The molecule has 1 aliphatic rings. The van der Waals surface area contributed by atoms with Crippen LogP contribution < -0.4 is 11.1 Å². The van der Waals surface area contributed by atoms with Crippen molar-refractivity contribution in [3.8, 4) is 0 Å². The van der Waals surface area contributed by atoms with E-state index in [-0.39, 0.29) is 17.4 Å². The maximum atomic E-state index is 11.8. The summed E-state index contributed by atoms with van der Waals surface area (Å²) in [5, 5.41) is 3.05. The van der Waals surface area contributed by atoms with E-state index in [2.05, 4.69) is 5.32 Å². The molecule has 3 N–H and O–H groups in total. The Morgan fingerprint density at radius 1 is 1.67 bits per heavy atom. The summed E-state index contributed by atoms with van der Waals surface area (Å²) in [5.74, 6) is -0.00301. The first-order chi connectivity index (χ1) is 7.11. The second-order valence-corrected chi connectivity index (χ2v) is 4.55. The molecule has 2 unspecified atom stereocenters. The Balaban J connectivity index is 2.48. The van der Waals surface area contributed by atoms with Crippen molar-refractivity contribution < 1.29 is 9.53 Å². The lowest BCUT2D eigenvalue weighted by Gasteiger charge is -2.35. The summed E-state index contributed by atoms with van der Waals surface area (Å²) in [6.45, 7) is 5.85. The van der Waals surface area contributed by atoms with E-state index in [0.717, 1.165) is 25.9 Å². The Labute approximate surface area is 91.5 Å². The van der Waals surface area contributed by atoms with Gasteiger partial charge in [0.1, 0.15) is 0 Å². The number of carbonyl (C=O) groups is 1. The van der Waals surface area contributed by atoms with Gasteiger partial charge in [-0.2, -0.15) is 0 Å². The van der Waals surface area contributed by atoms with E-state index in [0.29, 0.717) is 13.2 Å². The first-order valence-corrected chi connectivity index (χ1v) is 5.71. The molecule has 2 atom stereocenters. The molecule has 1 rings (SSSR count). The Kier molecular flexibility index (Phi) is 4.54. The quantitative estimate of drug-likeness (QED) is 0.722. The van der Waals surface area contributed by atoms with E-state index in [9.17, 15) is 4.79 Å². The van der Waals surface area contributed by atoms with Crippen LogP contribution in [-0.4, -0.2) is 31.2 Å². The molecule has 0 spiro atoms. The average molecular weight is 214 g/mol. The molecule has 4 heteroatoms. The Bertz CT molecular complexity index is 209. The van der Waals surface area contributed by atoms with Crippen molar-refractivity contribution in [1.82, 2.24) is 5.32 Å². The van der Waals surface area contributed by atoms with Crippen LogP contribution in [0.2, 0.25) is 0 Å². The molecule has 0 aromatic carbocycles. The van der Waals surface area contributed by atoms with E-state index in [1.54, 1.807) is 0 Å². The van der Waals surface area contributed by atoms with Gasteiger partial charge < -0.3 is 15.8 Å². The van der Waals surface area contributed by atoms with Crippen LogP contribution in [0.15, 0.2) is 0 Å². The number of ether oxygens (including phenoxy) is 1. The molecule has 0 aromatic rings. The Morgan fingerprint density at radius 3 is 2.87 bits per heavy atom. The summed E-state index contributed by atoms with van der Waals surface area (Å²) in [7, 11) is 0. The van der Waals surface area contributed by atoms with Gasteiger partial charge in [0.05, 0.1) is 12.1 Å². The van der Waals surface area contributed by atoms with Gasteiger partial charge in [-0.1, -0.05) is 6.92 Å². The van der Waals surface area contributed by atoms with Crippen molar-refractivity contribution in [1.29, 1.82) is 0 Å². The average Bonchev–Trinajstić information content (AvgIpc) is 2.19. The minimum Gasteiger partial charge on any atom is -0.379 e. The predicted molar refractivity (Wildman–Crippen MR) is 59.4 cm³/mol. The highest BCUT2D eigenvalue weighted by Crippen LogP contribution is 2.19. The normalized spacial score (nSPS) is 28.5. The molecule has 1 aliphatic heterocycles. The van der Waals surface area contributed by atoms with E-state index in [4.69, 9.17) is 10.5 Å². The number of hydrogen-bond donors (Lipinski definition) is 2. The third-order valence-corrected chi connectivity index (χ3v) is 3.01. The molecule has 88 valence electrons. The Morgan fingerprint density at radius 2 is 2.40 bits per heavy atom. The van der Waals surface area contributed by atoms with Crippen LogP contribution in [0.25, 0.3) is 0 Å². The molecule has 1 heterocycles. The molecule has 1 saturated heterocycles. The highest BCUT2D eigenvalue weighted by Gasteiger charge is 2.30. The fourth-order valence-corrected chi connectivity index (χ4v) is 1.89. The fourth-order valence-electron chi connectivity index (χ4n) is 1.89. The monoisotopic (exact) mass is 214 g/mol. The molecule has 1 fully saturated rings. The SMILES string of the molecule is CCC(CN)C(=O)NC1(C)CCCOC1. The lowest BCUT2D eigenvalue weighted by atomic mass is 9.93. The molecule has 0 aliphatic carbocycles. The van der Waals surface area contributed by atoms with Crippen LogP contribution in [-0.2, 0) is 9.53 Å². The van der Waals surface area contributed by atoms with Crippen molar-refractivity contribution >= 4 is 5.91 Å². The number of nitrogens with one attached hydrogen (secondary N) is 1. The molecule has 0 saturated carbocycles. The summed E-state index contributed by atoms with van der Waals surface area (Å²) in [6, 6.07) is 0. The topological polar surface area (TPSA) is 64.4 Å². The second kappa shape index (κ2) is 5.47. The van der Waals surface area contributed by atoms with Gasteiger partial charge in [-0.3, -0.25) is 4.79 Å². The number of carbonyl (C=O) groups excluding carboxylic acids is 1. The van der Waals surface area contributed by atoms with Gasteiger partial charge in [0, 0.05) is 19.1 Å². The van der Waals surface area contributed by atoms with Gasteiger partial charge in [0.25, 0.3) is 0 Å². The van der Waals surface area contributed by atoms with Crippen LogP contribution in [0, 0.1) is 5.92 Å². The van der Waals surface area contributed by atoms with E-state index in [1.165, 1.54) is 0 Å². The van der Waals surface area contributed by atoms with E-state index >= 15 is 0 Å². The predicted octanol–water partition coefficient (Wildman–Crippen LogP) is 0.657. The van der Waals surface area contributed by atoms with Gasteiger partial charge >= 0.3 is 0 Å². The zero-order valence-corrected chi connectivity index (χ0v) is 9.71. The third kappa shape index (κ3) is 3.47. The van der Waals surface area contributed by atoms with Gasteiger partial charge in [0.15, 0.2) is 0 Å². The Hall–Kier alpha value is -0.610. The maximum Gasteiger partial charge on any atom is 0.224 e. The standard InChI is InChI=1S/C11H22N2O2/c1-3-9(7-12)10(14)13-11(2)5-4-6-15-8-11/h9H,3-8,12H2,1-2H3,(H,13,14). The molecule has 0 radical (unpaired) electrons. The van der Waals surface area contributed by atoms with Gasteiger partial charge in [-0.25, -0.2) is 0 Å². The fraction of sp³-hybridized carbons (Fsp3) is 0.909. The smallest absolute Gasteiger partial charge is 0.224 e. The lowest BCUT2D eigenvalue weighted by molar-refractivity contribution is -0.128. The molecular formula is C11H22N2O2. The minimum absolute atomic E-state index is 0.0630. The first kappa shape index (κ1) is 12.5. The van der Waals surface area contributed by atoms with Crippen LogP contribution in [0.4, 0.5) is 0 Å². The number of hydrogen-bond acceptors (Lipinski definition) is 3. The summed E-state index contributed by atoms with van der Waals surface area (Å²) >= 11 is 0. The summed E-state index contributed by atoms with van der Waals surface area (Å²) in [4.78, 5) is 11.8. The van der Waals surface area contributed by atoms with Crippen molar-refractivity contribution in [2.24, 2.45) is 11.7 Å². The summed E-state index contributed by atoms with van der Waals surface area (Å²) < 4.78 is 5.39. The zero-order valence-electron chi connectivity index (χ0n) is 9.71. The highest BCUT2D eigenvalue weighted by molar-refractivity contribution is 5.79. The third-order valence-electron chi connectivity index (χ3n) is 3.01. The number of amides is 1. The molecule has 15 heavy (non-hydrogen) atoms. The number of rotatable bonds is 4. The summed E-state index contributed by atoms with van der Waals surface area (Å²) in [5.41, 5.74) is 5.34. The molecule has 4 nitrogen and oxygen atoms in total. The first-order valence-electron chi connectivity index (χ1n) is 5.71. The van der Waals surface area contributed by atoms with Crippen LogP contribution in [0.3, 0.4) is 0 Å². The van der Waals surface area contributed by atoms with Crippen LogP contribution >= 0.6 is 0 Å². The van der Waals surface area contributed by atoms with Gasteiger partial charge in [0.2, 0.25) is 5.91 Å². The molecular weight excluding hydrogens is 192 g/mol. The maximum absolute atomic E-state index is 11.8. The van der Waals surface area contributed by atoms with Crippen molar-refractivity contribution in [3.05, 3.63) is 0 Å². The van der Waals surface area contributed by atoms with E-state index in [1.807, 2.05) is 13.8 Å². The molecule has 1 amide bonds. The number of nitrogens with two attached hydrogens (primary N) is 1. The minimum atomic E-state index is -0.197. The molecule has 0 bridgehead atoms. The second-order valence-electron chi connectivity index (χ2n) is 4.55. The lowest BCUT2D eigenvalue weighted by Crippen LogP contribution is -2.53. The van der Waals surface area contributed by atoms with Crippen LogP contribution in [0.1, 0.15) is 33.1 Å². The molecule has 0 aromatic heterocycles. The van der Waals surface area contributed by atoms with E-state index < -0.39 is 0 Å². The van der Waals surface area contributed by atoms with Crippen molar-refractivity contribution in [2.45, 2.75) is 38.6 Å². The highest BCUT2D eigenvalue weighted by atomic mass is 16.5.